The Morgan fingerprint density at radius 2 is 2.00 bits per heavy atom. The monoisotopic (exact) mass is 329 g/mol. The van der Waals surface area contributed by atoms with Crippen molar-refractivity contribution >= 4 is 22.6 Å². The van der Waals surface area contributed by atoms with Crippen molar-refractivity contribution in [2.75, 3.05) is 5.73 Å². The minimum absolute atomic E-state index is 0.0150. The Balaban J connectivity index is 1.82. The van der Waals surface area contributed by atoms with Gasteiger partial charge in [-0.15, -0.1) is 0 Å². The van der Waals surface area contributed by atoms with Crippen LogP contribution < -0.4 is 5.73 Å². The smallest absolute Gasteiger partial charge is 0.280 e. The molecule has 0 atom stereocenters. The van der Waals surface area contributed by atoms with E-state index in [1.807, 2.05) is 36.4 Å². The first-order valence-electron chi connectivity index (χ1n) is 7.42. The molecule has 2 aromatic carbocycles. The Morgan fingerprint density at radius 1 is 1.20 bits per heavy atom. The standard InChI is InChI=1S/C18H11N5O2/c19-9-13-10-21-23(17(13)20)18(24)12-6-7-15-14(8-12)16(25-22-15)11-4-2-1-3-5-11/h1-8,10H,20H2. The van der Waals surface area contributed by atoms with Crippen molar-refractivity contribution in [1.82, 2.24) is 14.9 Å². The summed E-state index contributed by atoms with van der Waals surface area (Å²) in [6, 6.07) is 16.4. The summed E-state index contributed by atoms with van der Waals surface area (Å²) in [5.74, 6) is 0.165. The number of hydrogen-bond acceptors (Lipinski definition) is 6. The lowest BCUT2D eigenvalue weighted by molar-refractivity contribution is 0.0948. The molecule has 0 unspecified atom stereocenters. The number of anilines is 1. The van der Waals surface area contributed by atoms with Gasteiger partial charge < -0.3 is 10.3 Å². The summed E-state index contributed by atoms with van der Waals surface area (Å²) in [7, 11) is 0. The molecule has 0 aliphatic rings. The van der Waals surface area contributed by atoms with Crippen molar-refractivity contribution in [2.45, 2.75) is 0 Å². The van der Waals surface area contributed by atoms with Crippen LogP contribution in [0.3, 0.4) is 0 Å². The van der Waals surface area contributed by atoms with Gasteiger partial charge in [-0.05, 0) is 18.2 Å². The van der Waals surface area contributed by atoms with Crippen molar-refractivity contribution in [3.63, 3.8) is 0 Å². The molecule has 2 heterocycles. The van der Waals surface area contributed by atoms with E-state index in [-0.39, 0.29) is 11.4 Å². The SMILES string of the molecule is N#Cc1cnn(C(=O)c2ccc3noc(-c4ccccc4)c3c2)c1N. The van der Waals surface area contributed by atoms with E-state index in [1.165, 1.54) is 6.20 Å². The van der Waals surface area contributed by atoms with E-state index in [0.717, 1.165) is 10.2 Å². The molecule has 0 fully saturated rings. The molecule has 0 bridgehead atoms. The first kappa shape index (κ1) is 14.7. The molecule has 0 saturated carbocycles. The van der Waals surface area contributed by atoms with Gasteiger partial charge >= 0.3 is 0 Å². The van der Waals surface area contributed by atoms with Gasteiger partial charge in [-0.25, -0.2) is 0 Å². The topological polar surface area (TPSA) is 111 Å². The van der Waals surface area contributed by atoms with Gasteiger partial charge in [0.1, 0.15) is 23.0 Å². The van der Waals surface area contributed by atoms with Crippen LogP contribution in [-0.4, -0.2) is 20.8 Å². The Morgan fingerprint density at radius 3 is 2.72 bits per heavy atom. The summed E-state index contributed by atoms with van der Waals surface area (Å²) < 4.78 is 6.44. The number of carbonyl (C=O) groups excluding carboxylic acids is 1. The average molecular weight is 329 g/mol. The summed E-state index contributed by atoms with van der Waals surface area (Å²) in [6.07, 6.45) is 1.26. The van der Waals surface area contributed by atoms with Crippen molar-refractivity contribution < 1.29 is 9.32 Å². The fraction of sp³-hybridized carbons (Fsp3) is 0. The number of benzene rings is 2. The highest BCUT2D eigenvalue weighted by molar-refractivity contribution is 6.02. The van der Waals surface area contributed by atoms with Gasteiger partial charge in [0.2, 0.25) is 0 Å². The van der Waals surface area contributed by atoms with Crippen LogP contribution in [0.5, 0.6) is 0 Å². The lowest BCUT2D eigenvalue weighted by Gasteiger charge is -2.03. The highest BCUT2D eigenvalue weighted by atomic mass is 16.5. The first-order chi connectivity index (χ1) is 12.2. The Hall–Kier alpha value is -3.92. The van der Waals surface area contributed by atoms with Gasteiger partial charge in [-0.3, -0.25) is 4.79 Å². The van der Waals surface area contributed by atoms with Crippen LogP contribution in [0.15, 0.2) is 59.3 Å². The molecule has 0 aliphatic heterocycles. The number of aromatic nitrogens is 3. The van der Waals surface area contributed by atoms with Gasteiger partial charge in [0, 0.05) is 11.1 Å². The number of nitriles is 1. The number of rotatable bonds is 2. The molecule has 7 heteroatoms. The van der Waals surface area contributed by atoms with Crippen molar-refractivity contribution in [2.24, 2.45) is 0 Å². The molecule has 0 amide bonds. The van der Waals surface area contributed by atoms with Crippen LogP contribution in [0.2, 0.25) is 0 Å². The maximum Gasteiger partial charge on any atom is 0.280 e. The fourth-order valence-corrected chi connectivity index (χ4v) is 2.60. The van der Waals surface area contributed by atoms with Gasteiger partial charge in [-0.2, -0.15) is 15.0 Å². The molecular formula is C18H11N5O2. The van der Waals surface area contributed by atoms with Gasteiger partial charge in [-0.1, -0.05) is 35.5 Å². The quantitative estimate of drug-likeness (QED) is 0.605. The lowest BCUT2D eigenvalue weighted by Crippen LogP contribution is -2.16. The number of nitrogen functional groups attached to an aromatic ring is 1. The maximum atomic E-state index is 12.7. The van der Waals surface area contributed by atoms with Gasteiger partial charge in [0.05, 0.1) is 11.6 Å². The lowest BCUT2D eigenvalue weighted by atomic mass is 10.1. The number of nitrogens with two attached hydrogens (primary N) is 1. The van der Waals surface area contributed by atoms with Crippen molar-refractivity contribution in [1.29, 1.82) is 5.26 Å². The third-order valence-electron chi connectivity index (χ3n) is 3.88. The van der Waals surface area contributed by atoms with Crippen molar-refractivity contribution in [3.8, 4) is 17.4 Å². The van der Waals surface area contributed by atoms with Crippen LogP contribution in [0, 0.1) is 11.3 Å². The highest BCUT2D eigenvalue weighted by Gasteiger charge is 2.18. The maximum absolute atomic E-state index is 12.7. The number of hydrogen-bond donors (Lipinski definition) is 1. The zero-order chi connectivity index (χ0) is 17.4. The average Bonchev–Trinajstić information content (AvgIpc) is 3.24. The summed E-state index contributed by atoms with van der Waals surface area (Å²) in [5.41, 5.74) is 7.82. The minimum atomic E-state index is -0.430. The molecule has 4 aromatic rings. The second-order valence-electron chi connectivity index (χ2n) is 5.38. The van der Waals surface area contributed by atoms with E-state index in [0.29, 0.717) is 22.2 Å². The molecule has 2 N–H and O–H groups in total. The van der Waals surface area contributed by atoms with E-state index in [9.17, 15) is 4.79 Å². The highest BCUT2D eigenvalue weighted by Crippen LogP contribution is 2.29. The third-order valence-corrected chi connectivity index (χ3v) is 3.88. The van der Waals surface area contributed by atoms with Crippen LogP contribution in [-0.2, 0) is 0 Å². The second-order valence-corrected chi connectivity index (χ2v) is 5.38. The van der Waals surface area contributed by atoms with E-state index in [4.69, 9.17) is 15.5 Å². The predicted octanol–water partition coefficient (Wildman–Crippen LogP) is 2.83. The van der Waals surface area contributed by atoms with E-state index in [1.54, 1.807) is 18.2 Å². The molecule has 120 valence electrons. The van der Waals surface area contributed by atoms with Crippen LogP contribution in [0.1, 0.15) is 15.9 Å². The van der Waals surface area contributed by atoms with E-state index < -0.39 is 5.91 Å². The molecule has 4 rings (SSSR count). The number of nitrogens with zero attached hydrogens (tertiary/aromatic N) is 4. The molecule has 2 aromatic heterocycles. The van der Waals surface area contributed by atoms with E-state index in [2.05, 4.69) is 10.3 Å². The third kappa shape index (κ3) is 2.33. The largest absolute Gasteiger partial charge is 0.382 e. The van der Waals surface area contributed by atoms with E-state index >= 15 is 0 Å². The summed E-state index contributed by atoms with van der Waals surface area (Å²) in [5, 5.41) is 17.6. The van der Waals surface area contributed by atoms with Crippen LogP contribution in [0.25, 0.3) is 22.2 Å². The summed E-state index contributed by atoms with van der Waals surface area (Å²) in [6.45, 7) is 0. The number of carbonyl (C=O) groups is 1. The van der Waals surface area contributed by atoms with Crippen molar-refractivity contribution in [3.05, 3.63) is 65.9 Å². The summed E-state index contributed by atoms with van der Waals surface area (Å²) in [4.78, 5) is 12.7. The molecule has 7 nitrogen and oxygen atoms in total. The predicted molar refractivity (Wildman–Crippen MR) is 90.5 cm³/mol. The molecule has 25 heavy (non-hydrogen) atoms. The normalized spacial score (nSPS) is 10.7. The first-order valence-corrected chi connectivity index (χ1v) is 7.42. The molecule has 0 spiro atoms. The second kappa shape index (κ2) is 5.62. The van der Waals surface area contributed by atoms with Crippen LogP contribution >= 0.6 is 0 Å². The van der Waals surface area contributed by atoms with Crippen LogP contribution in [0.4, 0.5) is 5.82 Å². The molecule has 0 saturated heterocycles. The fourth-order valence-electron chi connectivity index (χ4n) is 2.60. The zero-order valence-electron chi connectivity index (χ0n) is 12.9. The van der Waals surface area contributed by atoms with Gasteiger partial charge in [0.15, 0.2) is 5.76 Å². The molecule has 0 aliphatic carbocycles. The Kier molecular flexibility index (Phi) is 3.29. The Bertz CT molecular complexity index is 1140. The Labute approximate surface area is 141 Å². The summed E-state index contributed by atoms with van der Waals surface area (Å²) >= 11 is 0. The minimum Gasteiger partial charge on any atom is -0.382 e. The van der Waals surface area contributed by atoms with Gasteiger partial charge in [0.25, 0.3) is 5.91 Å². The molecule has 0 radical (unpaired) electrons. The molecular weight excluding hydrogens is 318 g/mol. The number of fused-ring (bicyclic) bond motifs is 1. The zero-order valence-corrected chi connectivity index (χ0v) is 12.9.